The van der Waals surface area contributed by atoms with Crippen molar-refractivity contribution in [2.45, 2.75) is 18.6 Å². The number of carbonyl (C=O) groups is 1. The number of hydrazine groups is 1. The number of nitrogen functional groups attached to an aromatic ring is 1. The summed E-state index contributed by atoms with van der Waals surface area (Å²) in [7, 11) is 0. The number of aliphatic hydroxyl groups excluding tert-OH is 2. The van der Waals surface area contributed by atoms with Crippen LogP contribution in [0.1, 0.15) is 18.2 Å². The van der Waals surface area contributed by atoms with Gasteiger partial charge in [0.05, 0.1) is 18.2 Å². The summed E-state index contributed by atoms with van der Waals surface area (Å²) in [6, 6.07) is 4.62. The highest BCUT2D eigenvalue weighted by atomic mass is 16.4. The first-order chi connectivity index (χ1) is 7.54. The number of hydrogen-bond acceptors (Lipinski definition) is 6. The minimum atomic E-state index is -1.40. The maximum Gasteiger partial charge on any atom is 0.306 e. The van der Waals surface area contributed by atoms with Crippen LogP contribution in [0.5, 0.6) is 0 Å². The molecule has 2 unspecified atom stereocenters. The van der Waals surface area contributed by atoms with Crippen LogP contribution in [0, 0.1) is 0 Å². The predicted octanol–water partition coefficient (Wildman–Crippen LogP) is -0.764. The molecule has 0 saturated carbocycles. The second-order valence-electron chi connectivity index (χ2n) is 3.20. The van der Waals surface area contributed by atoms with Gasteiger partial charge in [-0.25, -0.2) is 10.8 Å². The molecule has 1 heterocycles. The topological polar surface area (TPSA) is 129 Å². The number of nitrogens with zero attached hydrogens (tertiary/aromatic N) is 1. The van der Waals surface area contributed by atoms with E-state index in [0.717, 1.165) is 0 Å². The maximum atomic E-state index is 10.3. The quantitative estimate of drug-likeness (QED) is 0.330. The largest absolute Gasteiger partial charge is 0.481 e. The minimum absolute atomic E-state index is 0.157. The standard InChI is InChI=1S/C9H13N3O4/c10-12-7-3-1-2-5(11-7)9(16)6(13)4-8(14)15/h1-3,6,9,13,16H,4,10H2,(H,11,12)(H,14,15). The molecule has 0 radical (unpaired) electrons. The molecule has 0 saturated heterocycles. The Hall–Kier alpha value is -1.70. The Morgan fingerprint density at radius 2 is 2.19 bits per heavy atom. The van der Waals surface area contributed by atoms with Crippen LogP contribution in [-0.4, -0.2) is 32.4 Å². The van der Waals surface area contributed by atoms with E-state index in [1.807, 2.05) is 0 Å². The normalized spacial score (nSPS) is 14.2. The zero-order valence-corrected chi connectivity index (χ0v) is 8.37. The number of nitrogens with two attached hydrogens (primary N) is 1. The number of aliphatic carboxylic acids is 1. The van der Waals surface area contributed by atoms with Gasteiger partial charge in [0.15, 0.2) is 0 Å². The van der Waals surface area contributed by atoms with Crippen LogP contribution >= 0.6 is 0 Å². The lowest BCUT2D eigenvalue weighted by Crippen LogP contribution is -2.23. The van der Waals surface area contributed by atoms with Gasteiger partial charge < -0.3 is 20.7 Å². The summed E-state index contributed by atoms with van der Waals surface area (Å²) in [5.41, 5.74) is 2.44. The molecule has 0 bridgehead atoms. The Morgan fingerprint density at radius 3 is 2.75 bits per heavy atom. The van der Waals surface area contributed by atoms with Gasteiger partial charge in [-0.3, -0.25) is 4.79 Å². The van der Waals surface area contributed by atoms with Crippen LogP contribution in [0.3, 0.4) is 0 Å². The smallest absolute Gasteiger partial charge is 0.306 e. The molecule has 6 N–H and O–H groups in total. The average Bonchev–Trinajstić information content (AvgIpc) is 2.27. The third kappa shape index (κ3) is 3.16. The van der Waals surface area contributed by atoms with E-state index in [1.165, 1.54) is 6.07 Å². The highest BCUT2D eigenvalue weighted by Gasteiger charge is 2.22. The van der Waals surface area contributed by atoms with Crippen molar-refractivity contribution in [2.75, 3.05) is 5.43 Å². The molecule has 0 aliphatic heterocycles. The molecule has 1 aromatic heterocycles. The number of hydrogen-bond donors (Lipinski definition) is 5. The van der Waals surface area contributed by atoms with E-state index in [1.54, 1.807) is 12.1 Å². The number of aliphatic hydroxyl groups is 2. The first-order valence-electron chi connectivity index (χ1n) is 4.56. The molecule has 16 heavy (non-hydrogen) atoms. The van der Waals surface area contributed by atoms with Crippen molar-refractivity contribution in [3.63, 3.8) is 0 Å². The third-order valence-corrected chi connectivity index (χ3v) is 1.97. The number of pyridine rings is 1. The SMILES string of the molecule is NNc1cccc(C(O)C(O)CC(=O)O)n1. The number of carboxylic acids is 1. The summed E-state index contributed by atoms with van der Waals surface area (Å²) < 4.78 is 0. The maximum absolute atomic E-state index is 10.3. The fourth-order valence-electron chi connectivity index (χ4n) is 1.18. The van der Waals surface area contributed by atoms with Gasteiger partial charge in [0, 0.05) is 0 Å². The third-order valence-electron chi connectivity index (χ3n) is 1.97. The van der Waals surface area contributed by atoms with Crippen molar-refractivity contribution < 1.29 is 20.1 Å². The summed E-state index contributed by atoms with van der Waals surface area (Å²) in [5, 5.41) is 27.5. The lowest BCUT2D eigenvalue weighted by atomic mass is 10.1. The van der Waals surface area contributed by atoms with Crippen molar-refractivity contribution >= 4 is 11.8 Å². The number of nitrogens with one attached hydrogen (secondary N) is 1. The molecule has 0 aliphatic carbocycles. The molecule has 7 nitrogen and oxygen atoms in total. The molecular weight excluding hydrogens is 214 g/mol. The van der Waals surface area contributed by atoms with Crippen LogP contribution in [0.2, 0.25) is 0 Å². The van der Waals surface area contributed by atoms with E-state index >= 15 is 0 Å². The zero-order chi connectivity index (χ0) is 12.1. The monoisotopic (exact) mass is 227 g/mol. The van der Waals surface area contributed by atoms with Crippen molar-refractivity contribution in [1.29, 1.82) is 0 Å². The van der Waals surface area contributed by atoms with Crippen molar-refractivity contribution in [1.82, 2.24) is 4.98 Å². The summed E-state index contributed by atoms with van der Waals surface area (Å²) in [6.45, 7) is 0. The molecule has 1 aromatic rings. The Kier molecular flexibility index (Phi) is 4.18. The van der Waals surface area contributed by atoms with Gasteiger partial charge in [0.1, 0.15) is 11.9 Å². The fourth-order valence-corrected chi connectivity index (χ4v) is 1.18. The molecule has 0 fully saturated rings. The van der Waals surface area contributed by atoms with E-state index < -0.39 is 24.6 Å². The van der Waals surface area contributed by atoms with Gasteiger partial charge in [-0.15, -0.1) is 0 Å². The van der Waals surface area contributed by atoms with Crippen LogP contribution < -0.4 is 11.3 Å². The summed E-state index contributed by atoms with van der Waals surface area (Å²) in [5.74, 6) is 4.25. The second kappa shape index (κ2) is 5.40. The van der Waals surface area contributed by atoms with Crippen molar-refractivity contribution in [2.24, 2.45) is 5.84 Å². The Bertz CT molecular complexity index is 372. The molecule has 0 spiro atoms. The predicted molar refractivity (Wildman–Crippen MR) is 55.3 cm³/mol. The number of anilines is 1. The first kappa shape index (κ1) is 12.4. The van der Waals surface area contributed by atoms with Gasteiger partial charge in [0.2, 0.25) is 0 Å². The van der Waals surface area contributed by atoms with E-state index in [-0.39, 0.29) is 5.69 Å². The van der Waals surface area contributed by atoms with Crippen LogP contribution in [0.15, 0.2) is 18.2 Å². The minimum Gasteiger partial charge on any atom is -0.481 e. The van der Waals surface area contributed by atoms with Gasteiger partial charge in [-0.05, 0) is 12.1 Å². The van der Waals surface area contributed by atoms with Crippen LogP contribution in [-0.2, 0) is 4.79 Å². The molecule has 7 heteroatoms. The highest BCUT2D eigenvalue weighted by molar-refractivity contribution is 5.67. The average molecular weight is 227 g/mol. The molecule has 0 aromatic carbocycles. The van der Waals surface area contributed by atoms with Gasteiger partial charge >= 0.3 is 5.97 Å². The van der Waals surface area contributed by atoms with E-state index in [9.17, 15) is 15.0 Å². The summed E-state index contributed by atoms with van der Waals surface area (Å²) >= 11 is 0. The van der Waals surface area contributed by atoms with Gasteiger partial charge in [-0.1, -0.05) is 6.07 Å². The van der Waals surface area contributed by atoms with Crippen molar-refractivity contribution in [3.8, 4) is 0 Å². The first-order valence-corrected chi connectivity index (χ1v) is 4.56. The zero-order valence-electron chi connectivity index (χ0n) is 8.37. The van der Waals surface area contributed by atoms with E-state index in [4.69, 9.17) is 10.9 Å². The van der Waals surface area contributed by atoms with Crippen LogP contribution in [0.4, 0.5) is 5.82 Å². The summed E-state index contributed by atoms with van der Waals surface area (Å²) in [4.78, 5) is 14.2. The number of rotatable bonds is 5. The van der Waals surface area contributed by atoms with Gasteiger partial charge in [-0.2, -0.15) is 0 Å². The molecular formula is C9H13N3O4. The number of carboxylic acid groups (broad SMARTS) is 1. The molecule has 88 valence electrons. The Morgan fingerprint density at radius 1 is 1.50 bits per heavy atom. The molecule has 0 amide bonds. The summed E-state index contributed by atoms with van der Waals surface area (Å²) in [6.07, 6.45) is -3.31. The Balaban J connectivity index is 2.78. The van der Waals surface area contributed by atoms with Crippen molar-refractivity contribution in [3.05, 3.63) is 23.9 Å². The van der Waals surface area contributed by atoms with Crippen LogP contribution in [0.25, 0.3) is 0 Å². The lowest BCUT2D eigenvalue weighted by Gasteiger charge is -2.15. The second-order valence-corrected chi connectivity index (χ2v) is 3.20. The highest BCUT2D eigenvalue weighted by Crippen LogP contribution is 2.18. The lowest BCUT2D eigenvalue weighted by molar-refractivity contribution is -0.141. The Labute approximate surface area is 91.5 Å². The number of aromatic nitrogens is 1. The molecule has 0 aliphatic rings. The molecule has 1 rings (SSSR count). The fraction of sp³-hybridized carbons (Fsp3) is 0.333. The van der Waals surface area contributed by atoms with E-state index in [0.29, 0.717) is 5.82 Å². The van der Waals surface area contributed by atoms with Gasteiger partial charge in [0.25, 0.3) is 0 Å². The molecule has 2 atom stereocenters. The van der Waals surface area contributed by atoms with E-state index in [2.05, 4.69) is 10.4 Å².